The van der Waals surface area contributed by atoms with Gasteiger partial charge in [0.1, 0.15) is 5.75 Å². The Balaban J connectivity index is 2.39. The maximum atomic E-state index is 5.62. The zero-order valence-electron chi connectivity index (χ0n) is 7.80. The highest BCUT2D eigenvalue weighted by Gasteiger charge is 2.01. The third kappa shape index (κ3) is 2.52. The summed E-state index contributed by atoms with van der Waals surface area (Å²) in [6.45, 7) is 5.20. The molecule has 0 bridgehead atoms. The van der Waals surface area contributed by atoms with Gasteiger partial charge >= 0.3 is 0 Å². The van der Waals surface area contributed by atoms with Crippen LogP contribution in [0.5, 0.6) is 5.75 Å². The zero-order chi connectivity index (χ0) is 8.81. The van der Waals surface area contributed by atoms with Crippen LogP contribution in [0.25, 0.3) is 0 Å². The van der Waals surface area contributed by atoms with Crippen molar-refractivity contribution >= 4 is 11.3 Å². The predicted octanol–water partition coefficient (Wildman–Crippen LogP) is 3.49. The van der Waals surface area contributed by atoms with E-state index < -0.39 is 0 Å². The van der Waals surface area contributed by atoms with Gasteiger partial charge < -0.3 is 4.74 Å². The molecule has 0 unspecified atom stereocenters. The van der Waals surface area contributed by atoms with Gasteiger partial charge in [-0.15, -0.1) is 11.3 Å². The predicted molar refractivity (Wildman–Crippen MR) is 54.1 cm³/mol. The fourth-order valence-electron chi connectivity index (χ4n) is 1.02. The minimum atomic E-state index is 0.861. The summed E-state index contributed by atoms with van der Waals surface area (Å²) >= 11 is 1.72. The summed E-state index contributed by atoms with van der Waals surface area (Å²) in [4.78, 5) is 0. The average molecular weight is 184 g/mol. The lowest BCUT2D eigenvalue weighted by atomic mass is 10.2. The van der Waals surface area contributed by atoms with Gasteiger partial charge in [0.05, 0.1) is 6.61 Å². The van der Waals surface area contributed by atoms with Gasteiger partial charge in [0.15, 0.2) is 0 Å². The molecule has 0 fully saturated rings. The third-order valence-electron chi connectivity index (χ3n) is 1.84. The van der Waals surface area contributed by atoms with Crippen molar-refractivity contribution in [2.24, 2.45) is 0 Å². The lowest BCUT2D eigenvalue weighted by Crippen LogP contribution is -1.96. The van der Waals surface area contributed by atoms with E-state index in [0.29, 0.717) is 0 Å². The third-order valence-corrected chi connectivity index (χ3v) is 2.61. The van der Waals surface area contributed by atoms with Crippen LogP contribution in [0.2, 0.25) is 0 Å². The molecule has 1 aromatic rings. The molecule has 0 radical (unpaired) electrons. The first-order valence-electron chi connectivity index (χ1n) is 4.56. The quantitative estimate of drug-likeness (QED) is 0.636. The Kier molecular flexibility index (Phi) is 4.15. The van der Waals surface area contributed by atoms with Gasteiger partial charge in [-0.1, -0.05) is 20.3 Å². The van der Waals surface area contributed by atoms with Crippen LogP contribution in [0.1, 0.15) is 32.3 Å². The minimum absolute atomic E-state index is 0.861. The summed E-state index contributed by atoms with van der Waals surface area (Å²) in [6.07, 6.45) is 3.43. The van der Waals surface area contributed by atoms with E-state index >= 15 is 0 Å². The zero-order valence-corrected chi connectivity index (χ0v) is 8.62. The van der Waals surface area contributed by atoms with Gasteiger partial charge in [-0.3, -0.25) is 0 Å². The van der Waals surface area contributed by atoms with E-state index in [0.717, 1.165) is 25.2 Å². The molecule has 0 saturated carbocycles. The maximum Gasteiger partial charge on any atom is 0.133 e. The first-order chi connectivity index (χ1) is 5.88. The van der Waals surface area contributed by atoms with Crippen molar-refractivity contribution in [3.05, 3.63) is 16.3 Å². The van der Waals surface area contributed by atoms with E-state index in [1.165, 1.54) is 12.0 Å². The molecule has 0 spiro atoms. The Bertz CT molecular complexity index is 217. The number of thiophene rings is 1. The number of aryl methyl sites for hydroxylation is 1. The summed E-state index contributed by atoms with van der Waals surface area (Å²) in [7, 11) is 0. The smallest absolute Gasteiger partial charge is 0.133 e. The summed E-state index contributed by atoms with van der Waals surface area (Å²) in [5.41, 5.74) is 1.34. The molecule has 1 nitrogen and oxygen atoms in total. The van der Waals surface area contributed by atoms with Crippen LogP contribution >= 0.6 is 11.3 Å². The molecule has 0 atom stereocenters. The molecule has 2 heteroatoms. The lowest BCUT2D eigenvalue weighted by molar-refractivity contribution is 0.308. The van der Waals surface area contributed by atoms with E-state index in [1.807, 2.05) is 0 Å². The van der Waals surface area contributed by atoms with E-state index in [1.54, 1.807) is 11.3 Å². The van der Waals surface area contributed by atoms with Crippen molar-refractivity contribution in [2.75, 3.05) is 6.61 Å². The molecule has 1 heterocycles. The lowest BCUT2D eigenvalue weighted by Gasteiger charge is -2.04. The highest BCUT2D eigenvalue weighted by atomic mass is 32.1. The Morgan fingerprint density at radius 3 is 2.83 bits per heavy atom. The van der Waals surface area contributed by atoms with Gasteiger partial charge in [-0.25, -0.2) is 0 Å². The average Bonchev–Trinajstić information content (AvgIpc) is 2.52. The number of hydrogen-bond donors (Lipinski definition) is 0. The SMILES string of the molecule is CCCCOc1cscc1CC. The second-order valence-electron chi connectivity index (χ2n) is 2.82. The van der Waals surface area contributed by atoms with Crippen LogP contribution in [0.3, 0.4) is 0 Å². The van der Waals surface area contributed by atoms with Crippen LogP contribution in [-0.4, -0.2) is 6.61 Å². The maximum absolute atomic E-state index is 5.62. The second-order valence-corrected chi connectivity index (χ2v) is 3.56. The molecule has 12 heavy (non-hydrogen) atoms. The molecule has 0 aliphatic carbocycles. The number of unbranched alkanes of at least 4 members (excludes halogenated alkanes) is 1. The molecular weight excluding hydrogens is 168 g/mol. The molecule has 0 N–H and O–H groups in total. The summed E-state index contributed by atoms with van der Waals surface area (Å²) in [6, 6.07) is 0. The highest BCUT2D eigenvalue weighted by Crippen LogP contribution is 2.23. The monoisotopic (exact) mass is 184 g/mol. The van der Waals surface area contributed by atoms with Crippen molar-refractivity contribution < 1.29 is 4.74 Å². The first-order valence-corrected chi connectivity index (χ1v) is 5.50. The number of rotatable bonds is 5. The van der Waals surface area contributed by atoms with Crippen LogP contribution < -0.4 is 4.74 Å². The fourth-order valence-corrected chi connectivity index (χ4v) is 1.88. The molecule has 0 aromatic carbocycles. The molecule has 1 aromatic heterocycles. The minimum Gasteiger partial charge on any atom is -0.492 e. The standard InChI is InChI=1S/C10H16OS/c1-3-5-6-11-10-8-12-7-9(10)4-2/h7-8H,3-6H2,1-2H3. The molecule has 0 aliphatic heterocycles. The van der Waals surface area contributed by atoms with E-state index in [4.69, 9.17) is 4.74 Å². The van der Waals surface area contributed by atoms with Gasteiger partial charge in [-0.2, -0.15) is 0 Å². The van der Waals surface area contributed by atoms with Crippen molar-refractivity contribution in [2.45, 2.75) is 33.1 Å². The van der Waals surface area contributed by atoms with E-state index in [9.17, 15) is 0 Å². The van der Waals surface area contributed by atoms with E-state index in [-0.39, 0.29) is 0 Å². The molecular formula is C10H16OS. The number of hydrogen-bond acceptors (Lipinski definition) is 2. The summed E-state index contributed by atoms with van der Waals surface area (Å²) in [5.74, 6) is 1.09. The van der Waals surface area contributed by atoms with Crippen LogP contribution in [0, 0.1) is 0 Å². The molecule has 1 rings (SSSR count). The summed E-state index contributed by atoms with van der Waals surface area (Å²) in [5, 5.41) is 4.26. The Morgan fingerprint density at radius 1 is 1.33 bits per heavy atom. The Hall–Kier alpha value is -0.500. The van der Waals surface area contributed by atoms with Crippen molar-refractivity contribution in [1.82, 2.24) is 0 Å². The normalized spacial score (nSPS) is 10.2. The Morgan fingerprint density at radius 2 is 2.17 bits per heavy atom. The largest absolute Gasteiger partial charge is 0.492 e. The second kappa shape index (κ2) is 5.20. The first kappa shape index (κ1) is 9.59. The van der Waals surface area contributed by atoms with Crippen LogP contribution in [0.15, 0.2) is 10.8 Å². The topological polar surface area (TPSA) is 9.23 Å². The van der Waals surface area contributed by atoms with Crippen molar-refractivity contribution in [3.8, 4) is 5.75 Å². The Labute approximate surface area is 78.4 Å². The van der Waals surface area contributed by atoms with E-state index in [2.05, 4.69) is 24.6 Å². The van der Waals surface area contributed by atoms with Crippen LogP contribution in [0.4, 0.5) is 0 Å². The van der Waals surface area contributed by atoms with Crippen molar-refractivity contribution in [3.63, 3.8) is 0 Å². The molecule has 0 amide bonds. The molecule has 0 saturated heterocycles. The molecule has 0 aliphatic rings. The fraction of sp³-hybridized carbons (Fsp3) is 0.600. The van der Waals surface area contributed by atoms with Gasteiger partial charge in [0.2, 0.25) is 0 Å². The van der Waals surface area contributed by atoms with Crippen LogP contribution in [-0.2, 0) is 6.42 Å². The van der Waals surface area contributed by atoms with Gasteiger partial charge in [0.25, 0.3) is 0 Å². The van der Waals surface area contributed by atoms with Crippen molar-refractivity contribution in [1.29, 1.82) is 0 Å². The summed E-state index contributed by atoms with van der Waals surface area (Å²) < 4.78 is 5.62. The van der Waals surface area contributed by atoms with Gasteiger partial charge in [-0.05, 0) is 18.2 Å². The highest BCUT2D eigenvalue weighted by molar-refractivity contribution is 7.08. The number of ether oxygens (including phenoxy) is 1. The van der Waals surface area contributed by atoms with Gasteiger partial charge in [0, 0.05) is 10.9 Å². The molecule has 68 valence electrons.